The van der Waals surface area contributed by atoms with Crippen molar-refractivity contribution in [3.05, 3.63) is 41.1 Å². The quantitative estimate of drug-likeness (QED) is 0.440. The van der Waals surface area contributed by atoms with Gasteiger partial charge in [0, 0.05) is 17.7 Å². The minimum atomic E-state index is -1.51. The van der Waals surface area contributed by atoms with Gasteiger partial charge in [-0.2, -0.15) is 0 Å². The molecule has 1 fully saturated rings. The molecule has 0 amide bonds. The lowest BCUT2D eigenvalue weighted by Crippen LogP contribution is -2.60. The molecular weight excluding hydrogens is 380 g/mol. The summed E-state index contributed by atoms with van der Waals surface area (Å²) < 4.78 is 16.7. The molecule has 2 heterocycles. The number of aryl methyl sites for hydroxylation is 1. The molecule has 1 aromatic heterocycles. The number of aromatic amines is 1. The fourth-order valence-corrected chi connectivity index (χ4v) is 3.17. The number of H-pyrrole nitrogens is 1. The molecule has 1 aliphatic rings. The third-order valence-corrected chi connectivity index (χ3v) is 4.79. The van der Waals surface area contributed by atoms with Crippen LogP contribution in [0.3, 0.4) is 0 Å². The largest absolute Gasteiger partial charge is 0.491 e. The first kappa shape index (κ1) is 21.5. The minimum absolute atomic E-state index is 0.0931. The topological polar surface area (TPSA) is 137 Å². The van der Waals surface area contributed by atoms with E-state index in [-0.39, 0.29) is 12.0 Å². The maximum atomic E-state index is 10.2. The van der Waals surface area contributed by atoms with E-state index >= 15 is 0 Å². The van der Waals surface area contributed by atoms with Crippen LogP contribution < -0.4 is 9.47 Å². The second-order valence-corrected chi connectivity index (χ2v) is 7.43. The van der Waals surface area contributed by atoms with Crippen LogP contribution in [0.1, 0.15) is 30.7 Å². The Bertz CT molecular complexity index is 791. The average Bonchev–Trinajstić information content (AvgIpc) is 3.03. The number of benzene rings is 1. The zero-order chi connectivity index (χ0) is 21.1. The van der Waals surface area contributed by atoms with Crippen LogP contribution in [0, 0.1) is 6.92 Å². The Morgan fingerprint density at radius 2 is 1.79 bits per heavy atom. The Morgan fingerprint density at radius 3 is 2.41 bits per heavy atom. The van der Waals surface area contributed by atoms with E-state index in [0.29, 0.717) is 6.42 Å². The van der Waals surface area contributed by atoms with E-state index in [1.54, 1.807) is 0 Å². The summed E-state index contributed by atoms with van der Waals surface area (Å²) >= 11 is 0. The number of nitrogens with one attached hydrogen (secondary N) is 1. The maximum Gasteiger partial charge on any atom is 0.238 e. The summed E-state index contributed by atoms with van der Waals surface area (Å²) in [6, 6.07) is 7.68. The van der Waals surface area contributed by atoms with E-state index in [2.05, 4.69) is 10.2 Å². The molecule has 9 heteroatoms. The van der Waals surface area contributed by atoms with Gasteiger partial charge in [0.05, 0.1) is 12.7 Å². The molecular formula is C20H28N2O7. The highest BCUT2D eigenvalue weighted by Gasteiger charge is 2.45. The Labute approximate surface area is 168 Å². The van der Waals surface area contributed by atoms with Gasteiger partial charge in [-0.15, -0.1) is 5.10 Å². The lowest BCUT2D eigenvalue weighted by Gasteiger charge is -2.39. The zero-order valence-electron chi connectivity index (χ0n) is 16.6. The summed E-state index contributed by atoms with van der Waals surface area (Å²) in [5, 5.41) is 46.3. The van der Waals surface area contributed by atoms with Gasteiger partial charge in [0.25, 0.3) is 0 Å². The molecule has 1 aromatic carbocycles. The Hall–Kier alpha value is -2.17. The van der Waals surface area contributed by atoms with Gasteiger partial charge >= 0.3 is 0 Å². The van der Waals surface area contributed by atoms with Gasteiger partial charge in [-0.25, -0.2) is 0 Å². The first-order chi connectivity index (χ1) is 13.8. The zero-order valence-corrected chi connectivity index (χ0v) is 16.6. The van der Waals surface area contributed by atoms with Crippen molar-refractivity contribution in [1.82, 2.24) is 10.2 Å². The first-order valence-electron chi connectivity index (χ1n) is 9.56. The molecule has 0 bridgehead atoms. The lowest BCUT2D eigenvalue weighted by atomic mass is 9.99. The molecule has 5 atom stereocenters. The molecule has 160 valence electrons. The first-order valence-corrected chi connectivity index (χ1v) is 9.56. The highest BCUT2D eigenvalue weighted by Crippen LogP contribution is 2.28. The van der Waals surface area contributed by atoms with Crippen molar-refractivity contribution in [3.8, 4) is 11.6 Å². The SMILES string of the molecule is Cc1[nH]nc(O[C@@H]2O[C@@H](CO)[C@H](O)[C@@H](O)[C@@H]2O)c1Cc1ccc(OC(C)C)cc1. The van der Waals surface area contributed by atoms with Crippen molar-refractivity contribution < 1.29 is 34.6 Å². The number of hydrogen-bond acceptors (Lipinski definition) is 8. The predicted molar refractivity (Wildman–Crippen MR) is 103 cm³/mol. The van der Waals surface area contributed by atoms with Crippen LogP contribution in [0.5, 0.6) is 11.6 Å². The van der Waals surface area contributed by atoms with E-state index in [1.165, 1.54) is 0 Å². The lowest BCUT2D eigenvalue weighted by molar-refractivity contribution is -0.278. The van der Waals surface area contributed by atoms with E-state index < -0.39 is 37.3 Å². The molecule has 9 nitrogen and oxygen atoms in total. The summed E-state index contributed by atoms with van der Waals surface area (Å²) in [4.78, 5) is 0. The van der Waals surface area contributed by atoms with Gasteiger partial charge in [0.1, 0.15) is 30.2 Å². The fraction of sp³-hybridized carbons (Fsp3) is 0.550. The summed E-state index contributed by atoms with van der Waals surface area (Å²) in [7, 11) is 0. The molecule has 29 heavy (non-hydrogen) atoms. The summed E-state index contributed by atoms with van der Waals surface area (Å²) in [6.07, 6.45) is -6.17. The van der Waals surface area contributed by atoms with Gasteiger partial charge in [-0.1, -0.05) is 12.1 Å². The summed E-state index contributed by atoms with van der Waals surface area (Å²) in [5.41, 5.74) is 2.55. The fourth-order valence-electron chi connectivity index (χ4n) is 3.17. The van der Waals surface area contributed by atoms with E-state index in [0.717, 1.165) is 22.6 Å². The molecule has 5 N–H and O–H groups in total. The molecule has 3 rings (SSSR count). The van der Waals surface area contributed by atoms with Crippen LogP contribution >= 0.6 is 0 Å². The third kappa shape index (κ3) is 4.88. The van der Waals surface area contributed by atoms with Crippen LogP contribution in [0.2, 0.25) is 0 Å². The normalized spacial score (nSPS) is 27.2. The third-order valence-electron chi connectivity index (χ3n) is 4.79. The van der Waals surface area contributed by atoms with Gasteiger partial charge in [-0.3, -0.25) is 5.10 Å². The van der Waals surface area contributed by atoms with Gasteiger partial charge in [0.15, 0.2) is 0 Å². The van der Waals surface area contributed by atoms with Crippen LogP contribution in [0.15, 0.2) is 24.3 Å². The van der Waals surface area contributed by atoms with Gasteiger partial charge in [-0.05, 0) is 38.5 Å². The summed E-state index contributed by atoms with van der Waals surface area (Å²) in [5.74, 6) is 1.000. The molecule has 0 unspecified atom stereocenters. The highest BCUT2D eigenvalue weighted by atomic mass is 16.7. The standard InChI is InChI=1S/C20H28N2O7/c1-10(2)27-13-6-4-12(5-7-13)8-14-11(3)21-22-19(14)29-20-18(26)17(25)16(24)15(9-23)28-20/h4-7,10,15-18,20,23-26H,8-9H2,1-3H3,(H,21,22)/t15-,16-,17+,18-,20-/m0/s1. The smallest absolute Gasteiger partial charge is 0.238 e. The molecule has 2 aromatic rings. The number of aliphatic hydroxyl groups is 4. The Balaban J connectivity index is 1.74. The van der Waals surface area contributed by atoms with Crippen molar-refractivity contribution in [2.45, 2.75) is 64.0 Å². The number of rotatable bonds is 7. The molecule has 0 radical (unpaired) electrons. The molecule has 0 aliphatic carbocycles. The van der Waals surface area contributed by atoms with E-state index in [9.17, 15) is 20.4 Å². The van der Waals surface area contributed by atoms with Crippen LogP contribution in [-0.4, -0.2) is 74.0 Å². The van der Waals surface area contributed by atoms with Crippen molar-refractivity contribution in [3.63, 3.8) is 0 Å². The van der Waals surface area contributed by atoms with Crippen LogP contribution in [-0.2, 0) is 11.2 Å². The van der Waals surface area contributed by atoms with Crippen LogP contribution in [0.25, 0.3) is 0 Å². The van der Waals surface area contributed by atoms with E-state index in [1.807, 2.05) is 45.0 Å². The van der Waals surface area contributed by atoms with Crippen molar-refractivity contribution in [2.24, 2.45) is 0 Å². The molecule has 1 saturated heterocycles. The van der Waals surface area contributed by atoms with Gasteiger partial charge in [0.2, 0.25) is 12.2 Å². The minimum Gasteiger partial charge on any atom is -0.491 e. The van der Waals surface area contributed by atoms with Crippen LogP contribution in [0.4, 0.5) is 0 Å². The number of aliphatic hydroxyl groups excluding tert-OH is 4. The molecule has 0 spiro atoms. The molecule has 1 aliphatic heterocycles. The average molecular weight is 408 g/mol. The highest BCUT2D eigenvalue weighted by molar-refractivity contribution is 5.37. The monoisotopic (exact) mass is 408 g/mol. The van der Waals surface area contributed by atoms with Gasteiger partial charge < -0.3 is 34.6 Å². The van der Waals surface area contributed by atoms with E-state index in [4.69, 9.17) is 14.2 Å². The predicted octanol–water partition coefficient (Wildman–Crippen LogP) is 0.275. The second kappa shape index (κ2) is 9.10. The number of hydrogen-bond donors (Lipinski definition) is 5. The van der Waals surface area contributed by atoms with Crippen molar-refractivity contribution in [2.75, 3.05) is 6.61 Å². The second-order valence-electron chi connectivity index (χ2n) is 7.43. The van der Waals surface area contributed by atoms with Crippen molar-refractivity contribution in [1.29, 1.82) is 0 Å². The maximum absolute atomic E-state index is 10.2. The molecule has 0 saturated carbocycles. The number of ether oxygens (including phenoxy) is 3. The Kier molecular flexibility index (Phi) is 6.76. The Morgan fingerprint density at radius 1 is 1.10 bits per heavy atom. The number of aromatic nitrogens is 2. The van der Waals surface area contributed by atoms with Crippen molar-refractivity contribution >= 4 is 0 Å². The summed E-state index contributed by atoms with van der Waals surface area (Å²) in [6.45, 7) is 5.25. The number of nitrogens with zero attached hydrogens (tertiary/aromatic N) is 1.